The third-order valence-corrected chi connectivity index (χ3v) is 2.97. The summed E-state index contributed by atoms with van der Waals surface area (Å²) in [7, 11) is -2.58. The van der Waals surface area contributed by atoms with Crippen molar-refractivity contribution in [2.45, 2.75) is 25.7 Å². The number of sulfonamides is 1. The minimum Gasteiger partial charge on any atom is -0.465 e. The Kier molecular flexibility index (Phi) is 5.84. The Morgan fingerprint density at radius 2 is 1.82 bits per heavy atom. The number of methoxy groups -OCH3 is 1. The predicted octanol–water partition coefficient (Wildman–Crippen LogP) is 1.46. The van der Waals surface area contributed by atoms with Gasteiger partial charge in [-0.2, -0.15) is 0 Å². The van der Waals surface area contributed by atoms with Crippen molar-refractivity contribution in [2.24, 2.45) is 5.14 Å². The van der Waals surface area contributed by atoms with Gasteiger partial charge in [-0.15, -0.1) is 0 Å². The third-order valence-electron chi connectivity index (χ3n) is 1.92. The first-order valence-corrected chi connectivity index (χ1v) is 6.62. The van der Waals surface area contributed by atoms with E-state index in [1.165, 1.54) is 25.3 Å². The molecule has 6 heteroatoms. The van der Waals surface area contributed by atoms with E-state index in [2.05, 4.69) is 4.74 Å². The van der Waals surface area contributed by atoms with E-state index >= 15 is 0 Å². The maximum Gasteiger partial charge on any atom is 0.337 e. The van der Waals surface area contributed by atoms with Crippen LogP contribution in [0.3, 0.4) is 0 Å². The van der Waals surface area contributed by atoms with Crippen LogP contribution in [0.2, 0.25) is 0 Å². The van der Waals surface area contributed by atoms with Crippen LogP contribution in [-0.2, 0) is 14.8 Å². The zero-order valence-electron chi connectivity index (χ0n) is 10.4. The first-order valence-electron chi connectivity index (χ1n) is 5.08. The van der Waals surface area contributed by atoms with E-state index in [1.807, 2.05) is 13.8 Å². The van der Waals surface area contributed by atoms with Gasteiger partial charge in [-0.3, -0.25) is 0 Å². The van der Waals surface area contributed by atoms with Gasteiger partial charge in [0.2, 0.25) is 10.0 Å². The molecule has 0 bridgehead atoms. The lowest BCUT2D eigenvalue weighted by Crippen LogP contribution is -2.15. The molecule has 0 spiro atoms. The van der Waals surface area contributed by atoms with E-state index in [0.29, 0.717) is 5.56 Å². The molecule has 0 aliphatic carbocycles. The summed E-state index contributed by atoms with van der Waals surface area (Å²) in [6, 6.07) is 4.19. The maximum absolute atomic E-state index is 11.1. The Morgan fingerprint density at radius 3 is 2.24 bits per heavy atom. The summed E-state index contributed by atoms with van der Waals surface area (Å²) in [5.74, 6) is -0.597. The normalized spacial score (nSPS) is 10.2. The molecule has 0 heterocycles. The van der Waals surface area contributed by atoms with Crippen molar-refractivity contribution in [1.82, 2.24) is 0 Å². The molecule has 2 N–H and O–H groups in total. The molecular formula is C11H17NO4S. The summed E-state index contributed by atoms with van der Waals surface area (Å²) >= 11 is 0. The summed E-state index contributed by atoms with van der Waals surface area (Å²) in [4.78, 5) is 11.1. The van der Waals surface area contributed by atoms with Crippen LogP contribution in [0.15, 0.2) is 23.1 Å². The van der Waals surface area contributed by atoms with E-state index in [4.69, 9.17) is 5.14 Å². The molecule has 96 valence electrons. The smallest absolute Gasteiger partial charge is 0.337 e. The molecule has 0 saturated carbocycles. The van der Waals surface area contributed by atoms with E-state index in [9.17, 15) is 13.2 Å². The quantitative estimate of drug-likeness (QED) is 0.814. The van der Waals surface area contributed by atoms with Crippen LogP contribution in [0.4, 0.5) is 0 Å². The molecule has 0 saturated heterocycles. The van der Waals surface area contributed by atoms with E-state index in [-0.39, 0.29) is 10.5 Å². The molecule has 1 rings (SSSR count). The molecular weight excluding hydrogens is 242 g/mol. The van der Waals surface area contributed by atoms with Crippen LogP contribution in [0.1, 0.15) is 29.8 Å². The van der Waals surface area contributed by atoms with Crippen molar-refractivity contribution in [2.75, 3.05) is 7.11 Å². The molecule has 1 aromatic rings. The van der Waals surface area contributed by atoms with Gasteiger partial charge in [0, 0.05) is 0 Å². The van der Waals surface area contributed by atoms with Gasteiger partial charge in [0.05, 0.1) is 17.6 Å². The van der Waals surface area contributed by atoms with Gasteiger partial charge >= 0.3 is 5.97 Å². The fourth-order valence-electron chi connectivity index (χ4n) is 1.15. The van der Waals surface area contributed by atoms with Gasteiger partial charge in [-0.1, -0.05) is 19.9 Å². The molecule has 17 heavy (non-hydrogen) atoms. The lowest BCUT2D eigenvalue weighted by molar-refractivity contribution is 0.0600. The van der Waals surface area contributed by atoms with Crippen molar-refractivity contribution in [3.8, 4) is 0 Å². The summed E-state index contributed by atoms with van der Waals surface area (Å²) in [6.07, 6.45) is 0. The molecule has 0 unspecified atom stereocenters. The second-order valence-electron chi connectivity index (χ2n) is 3.02. The van der Waals surface area contributed by atoms with Crippen molar-refractivity contribution in [3.05, 3.63) is 29.3 Å². The number of hydrogen-bond acceptors (Lipinski definition) is 4. The molecule has 0 aliphatic heterocycles. The number of nitrogens with two attached hydrogens (primary N) is 1. The Hall–Kier alpha value is -1.40. The Bertz CT molecular complexity index is 494. The lowest BCUT2D eigenvalue weighted by Gasteiger charge is -2.05. The van der Waals surface area contributed by atoms with Gasteiger partial charge in [0.25, 0.3) is 0 Å². The van der Waals surface area contributed by atoms with Crippen LogP contribution in [0.25, 0.3) is 0 Å². The SMILES string of the molecule is CC.COC(=O)c1ccc(C)c(S(N)(=O)=O)c1. The monoisotopic (exact) mass is 259 g/mol. The third kappa shape index (κ3) is 4.16. The van der Waals surface area contributed by atoms with Crippen molar-refractivity contribution in [1.29, 1.82) is 0 Å². The van der Waals surface area contributed by atoms with E-state index in [0.717, 1.165) is 0 Å². The molecule has 5 nitrogen and oxygen atoms in total. The predicted molar refractivity (Wildman–Crippen MR) is 65.2 cm³/mol. The van der Waals surface area contributed by atoms with Crippen LogP contribution in [0, 0.1) is 6.92 Å². The molecule has 0 aromatic heterocycles. The van der Waals surface area contributed by atoms with Crippen molar-refractivity contribution in [3.63, 3.8) is 0 Å². The zero-order valence-corrected chi connectivity index (χ0v) is 11.2. The van der Waals surface area contributed by atoms with Crippen LogP contribution in [-0.4, -0.2) is 21.5 Å². The second kappa shape index (κ2) is 6.36. The van der Waals surface area contributed by atoms with Gasteiger partial charge in [0.15, 0.2) is 0 Å². The molecule has 0 atom stereocenters. The standard InChI is InChI=1S/C9H11NO4S.C2H6/c1-6-3-4-7(9(11)14-2)5-8(6)15(10,12)13;1-2/h3-5H,1-2H3,(H2,10,12,13);1-2H3. The largest absolute Gasteiger partial charge is 0.465 e. The molecule has 0 aliphatic rings. The maximum atomic E-state index is 11.1. The van der Waals surface area contributed by atoms with Crippen LogP contribution < -0.4 is 5.14 Å². The average molecular weight is 259 g/mol. The topological polar surface area (TPSA) is 86.5 Å². The zero-order chi connectivity index (χ0) is 13.6. The number of carbonyl (C=O) groups is 1. The van der Waals surface area contributed by atoms with Gasteiger partial charge < -0.3 is 4.74 Å². The first kappa shape index (κ1) is 15.6. The first-order chi connectivity index (χ1) is 7.86. The summed E-state index contributed by atoms with van der Waals surface area (Å²) < 4.78 is 26.8. The molecule has 0 amide bonds. The van der Waals surface area contributed by atoms with Gasteiger partial charge in [-0.25, -0.2) is 18.4 Å². The van der Waals surface area contributed by atoms with Gasteiger partial charge in [0.1, 0.15) is 0 Å². The molecule has 1 aromatic carbocycles. The number of ether oxygens (including phenoxy) is 1. The number of rotatable bonds is 2. The van der Waals surface area contributed by atoms with Crippen LogP contribution >= 0.6 is 0 Å². The Morgan fingerprint density at radius 1 is 1.29 bits per heavy atom. The minimum atomic E-state index is -3.81. The number of carbonyl (C=O) groups excluding carboxylic acids is 1. The molecule has 0 radical (unpaired) electrons. The average Bonchev–Trinajstić information content (AvgIpc) is 2.30. The highest BCUT2D eigenvalue weighted by atomic mass is 32.2. The fraction of sp³-hybridized carbons (Fsp3) is 0.364. The minimum absolute atomic E-state index is 0.0644. The fourth-order valence-corrected chi connectivity index (χ4v) is 1.96. The number of esters is 1. The number of aryl methyl sites for hydroxylation is 1. The number of primary sulfonamides is 1. The van der Waals surface area contributed by atoms with E-state index < -0.39 is 16.0 Å². The number of hydrogen-bond donors (Lipinski definition) is 1. The number of benzene rings is 1. The molecule has 0 fully saturated rings. The summed E-state index contributed by atoms with van der Waals surface area (Å²) in [5, 5.41) is 4.99. The Labute approximate surface area is 102 Å². The summed E-state index contributed by atoms with van der Waals surface area (Å²) in [6.45, 7) is 5.60. The summed E-state index contributed by atoms with van der Waals surface area (Å²) in [5.41, 5.74) is 0.650. The van der Waals surface area contributed by atoms with Crippen LogP contribution in [0.5, 0.6) is 0 Å². The second-order valence-corrected chi connectivity index (χ2v) is 4.55. The van der Waals surface area contributed by atoms with Crippen molar-refractivity contribution >= 4 is 16.0 Å². The Balaban J connectivity index is 0.00000121. The highest BCUT2D eigenvalue weighted by Crippen LogP contribution is 2.15. The lowest BCUT2D eigenvalue weighted by atomic mass is 10.1. The van der Waals surface area contributed by atoms with Gasteiger partial charge in [-0.05, 0) is 24.6 Å². The van der Waals surface area contributed by atoms with E-state index in [1.54, 1.807) is 6.92 Å². The highest BCUT2D eigenvalue weighted by Gasteiger charge is 2.15. The highest BCUT2D eigenvalue weighted by molar-refractivity contribution is 7.89. The van der Waals surface area contributed by atoms with Crippen molar-refractivity contribution < 1.29 is 17.9 Å².